The number of hydrogen-bond donors (Lipinski definition) is 1. The largest absolute Gasteiger partial charge is 0.398 e. The summed E-state index contributed by atoms with van der Waals surface area (Å²) in [5.41, 5.74) is 7.45. The van der Waals surface area contributed by atoms with Gasteiger partial charge >= 0.3 is 0 Å². The molecule has 0 fully saturated rings. The van der Waals surface area contributed by atoms with Crippen molar-refractivity contribution in [3.8, 4) is 0 Å². The highest BCUT2D eigenvalue weighted by molar-refractivity contribution is 7.85. The maximum atomic E-state index is 11.9. The van der Waals surface area contributed by atoms with Crippen LogP contribution in [0.4, 0.5) is 5.69 Å². The Morgan fingerprint density at radius 2 is 2.20 bits per heavy atom. The van der Waals surface area contributed by atoms with Gasteiger partial charge in [0, 0.05) is 7.11 Å². The van der Waals surface area contributed by atoms with E-state index in [1.165, 1.54) is 0 Å². The molecule has 0 bridgehead atoms. The Morgan fingerprint density at radius 3 is 2.80 bits per heavy atom. The third-order valence-electron chi connectivity index (χ3n) is 2.32. The quantitative estimate of drug-likeness (QED) is 0.797. The van der Waals surface area contributed by atoms with Crippen molar-refractivity contribution >= 4 is 16.5 Å². The first-order valence-electron chi connectivity index (χ1n) is 4.82. The third kappa shape index (κ3) is 3.04. The van der Waals surface area contributed by atoms with E-state index in [1.807, 2.05) is 26.0 Å². The summed E-state index contributed by atoms with van der Waals surface area (Å²) < 4.78 is 17.0. The van der Waals surface area contributed by atoms with Gasteiger partial charge in [-0.05, 0) is 25.5 Å². The Morgan fingerprint density at radius 1 is 1.53 bits per heavy atom. The number of anilines is 1. The molecule has 2 atom stereocenters. The second-order valence-electron chi connectivity index (χ2n) is 3.55. The first-order valence-corrected chi connectivity index (χ1v) is 6.14. The van der Waals surface area contributed by atoms with Crippen molar-refractivity contribution in [2.24, 2.45) is 0 Å². The van der Waals surface area contributed by atoms with Crippen LogP contribution in [-0.4, -0.2) is 23.2 Å². The van der Waals surface area contributed by atoms with E-state index in [9.17, 15) is 4.21 Å². The highest BCUT2D eigenvalue weighted by Gasteiger charge is 2.12. The number of nitrogens with two attached hydrogens (primary N) is 1. The van der Waals surface area contributed by atoms with Gasteiger partial charge in [0.1, 0.15) is 0 Å². The fraction of sp³-hybridized carbons (Fsp3) is 0.455. The molecule has 0 heterocycles. The highest BCUT2D eigenvalue weighted by atomic mass is 32.2. The Balaban J connectivity index is 2.87. The maximum absolute atomic E-state index is 11.9. The molecular formula is C11H17NO2S. The topological polar surface area (TPSA) is 52.3 Å². The molecule has 2 unspecified atom stereocenters. The van der Waals surface area contributed by atoms with Crippen LogP contribution in [0.3, 0.4) is 0 Å². The average Bonchev–Trinajstić information content (AvgIpc) is 2.21. The second kappa shape index (κ2) is 5.28. The Hall–Kier alpha value is -0.870. The van der Waals surface area contributed by atoms with Gasteiger partial charge in [0.25, 0.3) is 0 Å². The van der Waals surface area contributed by atoms with E-state index in [4.69, 9.17) is 10.5 Å². The van der Waals surface area contributed by atoms with Crippen LogP contribution in [0.25, 0.3) is 0 Å². The standard InChI is InChI=1S/C11H17NO2S/c1-8-5-4-6-10(11(8)12)15(13)7-9(2)14-3/h4-6,9H,7,12H2,1-3H3. The Labute approximate surface area is 93.1 Å². The summed E-state index contributed by atoms with van der Waals surface area (Å²) in [6, 6.07) is 5.59. The molecule has 0 radical (unpaired) electrons. The Kier molecular flexibility index (Phi) is 4.29. The third-order valence-corrected chi connectivity index (χ3v) is 3.94. The van der Waals surface area contributed by atoms with Gasteiger partial charge in [0.15, 0.2) is 0 Å². The second-order valence-corrected chi connectivity index (χ2v) is 5.01. The van der Waals surface area contributed by atoms with Crippen LogP contribution in [0.15, 0.2) is 23.1 Å². The normalized spacial score (nSPS) is 14.9. The van der Waals surface area contributed by atoms with Crippen LogP contribution in [0.2, 0.25) is 0 Å². The van der Waals surface area contributed by atoms with Crippen LogP contribution in [-0.2, 0) is 15.5 Å². The van der Waals surface area contributed by atoms with E-state index in [2.05, 4.69) is 0 Å². The van der Waals surface area contributed by atoms with E-state index in [0.29, 0.717) is 16.3 Å². The van der Waals surface area contributed by atoms with Gasteiger partial charge in [-0.2, -0.15) is 0 Å². The number of nitrogen functional groups attached to an aromatic ring is 1. The van der Waals surface area contributed by atoms with Crippen molar-refractivity contribution in [1.29, 1.82) is 0 Å². The zero-order valence-corrected chi connectivity index (χ0v) is 10.1. The monoisotopic (exact) mass is 227 g/mol. The van der Waals surface area contributed by atoms with Crippen molar-refractivity contribution in [3.05, 3.63) is 23.8 Å². The maximum Gasteiger partial charge on any atom is 0.0662 e. The van der Waals surface area contributed by atoms with Gasteiger partial charge in [-0.1, -0.05) is 12.1 Å². The minimum absolute atomic E-state index is 0.0225. The number of benzene rings is 1. The van der Waals surface area contributed by atoms with Gasteiger partial charge < -0.3 is 10.5 Å². The number of hydrogen-bond acceptors (Lipinski definition) is 3. The molecule has 1 aromatic carbocycles. The van der Waals surface area contributed by atoms with Gasteiger partial charge in [0.2, 0.25) is 0 Å². The van der Waals surface area contributed by atoms with Crippen LogP contribution in [0.5, 0.6) is 0 Å². The number of aryl methyl sites for hydroxylation is 1. The summed E-state index contributed by atoms with van der Waals surface area (Å²) in [5.74, 6) is 0.476. The van der Waals surface area contributed by atoms with Gasteiger partial charge in [-0.3, -0.25) is 4.21 Å². The fourth-order valence-corrected chi connectivity index (χ4v) is 2.60. The SMILES string of the molecule is COC(C)CS(=O)c1cccc(C)c1N. The van der Waals surface area contributed by atoms with Crippen LogP contribution < -0.4 is 5.73 Å². The number of rotatable bonds is 4. The summed E-state index contributed by atoms with van der Waals surface area (Å²) in [4.78, 5) is 0.707. The fourth-order valence-electron chi connectivity index (χ4n) is 1.22. The van der Waals surface area contributed by atoms with Crippen molar-refractivity contribution < 1.29 is 8.95 Å². The van der Waals surface area contributed by atoms with Gasteiger partial charge in [0.05, 0.1) is 33.2 Å². The molecule has 2 N–H and O–H groups in total. The van der Waals surface area contributed by atoms with E-state index in [-0.39, 0.29) is 6.10 Å². The minimum Gasteiger partial charge on any atom is -0.398 e. The van der Waals surface area contributed by atoms with Gasteiger partial charge in [-0.15, -0.1) is 0 Å². The molecule has 1 aromatic rings. The van der Waals surface area contributed by atoms with Crippen LogP contribution >= 0.6 is 0 Å². The molecule has 4 heteroatoms. The molecule has 0 aliphatic carbocycles. The average molecular weight is 227 g/mol. The first-order chi connectivity index (χ1) is 7.06. The molecular weight excluding hydrogens is 210 g/mol. The lowest BCUT2D eigenvalue weighted by molar-refractivity contribution is 0.137. The van der Waals surface area contributed by atoms with Gasteiger partial charge in [-0.25, -0.2) is 0 Å². The predicted octanol–water partition coefficient (Wildman–Crippen LogP) is 1.72. The molecule has 84 valence electrons. The molecule has 0 amide bonds. The first kappa shape index (κ1) is 12.2. The lowest BCUT2D eigenvalue weighted by Crippen LogP contribution is -2.16. The zero-order valence-electron chi connectivity index (χ0n) is 9.32. The molecule has 0 aliphatic heterocycles. The van der Waals surface area contributed by atoms with E-state index < -0.39 is 10.8 Å². The molecule has 3 nitrogen and oxygen atoms in total. The molecule has 1 rings (SSSR count). The highest BCUT2D eigenvalue weighted by Crippen LogP contribution is 2.20. The van der Waals surface area contributed by atoms with Crippen LogP contribution in [0.1, 0.15) is 12.5 Å². The molecule has 0 saturated heterocycles. The predicted molar refractivity (Wildman–Crippen MR) is 63.3 cm³/mol. The van der Waals surface area contributed by atoms with E-state index >= 15 is 0 Å². The summed E-state index contributed by atoms with van der Waals surface area (Å²) in [7, 11) is 0.527. The molecule has 0 saturated carbocycles. The zero-order chi connectivity index (χ0) is 11.4. The van der Waals surface area contributed by atoms with Crippen LogP contribution in [0, 0.1) is 6.92 Å². The Bertz CT molecular complexity index is 366. The summed E-state index contributed by atoms with van der Waals surface area (Å²) >= 11 is 0. The van der Waals surface area contributed by atoms with Crippen molar-refractivity contribution in [2.75, 3.05) is 18.6 Å². The van der Waals surface area contributed by atoms with E-state index in [1.54, 1.807) is 13.2 Å². The lowest BCUT2D eigenvalue weighted by Gasteiger charge is -2.11. The smallest absolute Gasteiger partial charge is 0.0662 e. The summed E-state index contributed by atoms with van der Waals surface area (Å²) in [6.07, 6.45) is -0.0225. The molecule has 0 aromatic heterocycles. The lowest BCUT2D eigenvalue weighted by atomic mass is 10.2. The number of para-hydroxylation sites is 1. The van der Waals surface area contributed by atoms with Crippen molar-refractivity contribution in [1.82, 2.24) is 0 Å². The molecule has 0 spiro atoms. The summed E-state index contributed by atoms with van der Waals surface area (Å²) in [5, 5.41) is 0. The summed E-state index contributed by atoms with van der Waals surface area (Å²) in [6.45, 7) is 3.81. The number of methoxy groups -OCH3 is 1. The van der Waals surface area contributed by atoms with E-state index in [0.717, 1.165) is 5.56 Å². The minimum atomic E-state index is -1.09. The van der Waals surface area contributed by atoms with Crippen molar-refractivity contribution in [2.45, 2.75) is 24.8 Å². The number of ether oxygens (including phenoxy) is 1. The van der Waals surface area contributed by atoms with Crippen molar-refractivity contribution in [3.63, 3.8) is 0 Å². The molecule has 0 aliphatic rings. The molecule has 15 heavy (non-hydrogen) atoms.